The number of hydrogen-bond donors (Lipinski definition) is 2. The lowest BCUT2D eigenvalue weighted by Gasteiger charge is -2.06. The van der Waals surface area contributed by atoms with Crippen LogP contribution < -0.4 is 10.6 Å². The molecule has 0 spiro atoms. The summed E-state index contributed by atoms with van der Waals surface area (Å²) in [6.45, 7) is 1.41. The zero-order valence-electron chi connectivity index (χ0n) is 13.1. The molecular weight excluding hydrogens is 361 g/mol. The standard InChI is InChI=1S/C18H13Cl2N3O2/c1-11(24)22-16-4-2-12(3-5-16)6-13(10-21)18(25)23-17-8-14(19)7-15(20)9-17/h2-9H,1H3,(H,22,24)(H,23,25). The first-order chi connectivity index (χ1) is 11.9. The van der Waals surface area contributed by atoms with Crippen LogP contribution in [0.4, 0.5) is 11.4 Å². The van der Waals surface area contributed by atoms with Crippen LogP contribution in [0.3, 0.4) is 0 Å². The molecule has 2 aromatic rings. The maximum Gasteiger partial charge on any atom is 0.266 e. The number of carbonyl (C=O) groups excluding carboxylic acids is 2. The molecule has 25 heavy (non-hydrogen) atoms. The minimum Gasteiger partial charge on any atom is -0.326 e. The molecule has 0 aliphatic carbocycles. The number of carbonyl (C=O) groups is 2. The third kappa shape index (κ3) is 5.64. The molecule has 0 aliphatic rings. The van der Waals surface area contributed by atoms with E-state index < -0.39 is 5.91 Å². The number of anilines is 2. The fourth-order valence-electron chi connectivity index (χ4n) is 2.01. The molecule has 0 aromatic heterocycles. The molecule has 2 N–H and O–H groups in total. The minimum atomic E-state index is -0.577. The van der Waals surface area contributed by atoms with Gasteiger partial charge in [0.15, 0.2) is 0 Å². The zero-order chi connectivity index (χ0) is 18.4. The summed E-state index contributed by atoms with van der Waals surface area (Å²) in [5, 5.41) is 15.2. The fourth-order valence-corrected chi connectivity index (χ4v) is 2.53. The Balaban J connectivity index is 2.17. The van der Waals surface area contributed by atoms with Gasteiger partial charge >= 0.3 is 0 Å². The molecular formula is C18H13Cl2N3O2. The predicted molar refractivity (Wildman–Crippen MR) is 99.4 cm³/mol. The van der Waals surface area contributed by atoms with Crippen LogP contribution in [0, 0.1) is 11.3 Å². The summed E-state index contributed by atoms with van der Waals surface area (Å²) >= 11 is 11.8. The van der Waals surface area contributed by atoms with Crippen molar-refractivity contribution in [3.05, 3.63) is 63.6 Å². The lowest BCUT2D eigenvalue weighted by molar-refractivity contribution is -0.114. The van der Waals surface area contributed by atoms with Crippen molar-refractivity contribution in [3.8, 4) is 6.07 Å². The van der Waals surface area contributed by atoms with E-state index in [1.54, 1.807) is 24.3 Å². The minimum absolute atomic E-state index is 0.0802. The van der Waals surface area contributed by atoms with Crippen molar-refractivity contribution in [1.82, 2.24) is 0 Å². The van der Waals surface area contributed by atoms with Crippen LogP contribution in [-0.2, 0) is 9.59 Å². The lowest BCUT2D eigenvalue weighted by Crippen LogP contribution is -2.13. The van der Waals surface area contributed by atoms with E-state index in [-0.39, 0.29) is 11.5 Å². The van der Waals surface area contributed by atoms with Gasteiger partial charge in [0.2, 0.25) is 5.91 Å². The van der Waals surface area contributed by atoms with Crippen LogP contribution in [0.15, 0.2) is 48.0 Å². The van der Waals surface area contributed by atoms with E-state index in [4.69, 9.17) is 23.2 Å². The van der Waals surface area contributed by atoms with Gasteiger partial charge in [-0.1, -0.05) is 35.3 Å². The normalized spacial score (nSPS) is 10.7. The quantitative estimate of drug-likeness (QED) is 0.611. The van der Waals surface area contributed by atoms with Gasteiger partial charge in [0.1, 0.15) is 11.6 Å². The Labute approximate surface area is 154 Å². The maximum atomic E-state index is 12.2. The average molecular weight is 374 g/mol. The summed E-state index contributed by atoms with van der Waals surface area (Å²) < 4.78 is 0. The van der Waals surface area contributed by atoms with E-state index in [1.807, 2.05) is 6.07 Å². The van der Waals surface area contributed by atoms with Gasteiger partial charge in [-0.15, -0.1) is 0 Å². The highest BCUT2D eigenvalue weighted by Gasteiger charge is 2.10. The molecule has 5 nitrogen and oxygen atoms in total. The van der Waals surface area contributed by atoms with Crippen molar-refractivity contribution in [2.24, 2.45) is 0 Å². The number of nitriles is 1. The van der Waals surface area contributed by atoms with Crippen molar-refractivity contribution < 1.29 is 9.59 Å². The summed E-state index contributed by atoms with van der Waals surface area (Å²) in [6.07, 6.45) is 1.44. The number of hydrogen-bond acceptors (Lipinski definition) is 3. The first kappa shape index (κ1) is 18.5. The first-order valence-corrected chi connectivity index (χ1v) is 7.90. The van der Waals surface area contributed by atoms with E-state index in [0.717, 1.165) is 0 Å². The highest BCUT2D eigenvalue weighted by Crippen LogP contribution is 2.23. The van der Waals surface area contributed by atoms with Gasteiger partial charge in [-0.2, -0.15) is 5.26 Å². The maximum absolute atomic E-state index is 12.2. The topological polar surface area (TPSA) is 82.0 Å². The third-order valence-corrected chi connectivity index (χ3v) is 3.46. The SMILES string of the molecule is CC(=O)Nc1ccc(C=C(C#N)C(=O)Nc2cc(Cl)cc(Cl)c2)cc1. The van der Waals surface area contributed by atoms with Gasteiger partial charge in [-0.25, -0.2) is 0 Å². The van der Waals surface area contributed by atoms with E-state index in [9.17, 15) is 14.9 Å². The summed E-state index contributed by atoms with van der Waals surface area (Å²) in [6, 6.07) is 13.2. The van der Waals surface area contributed by atoms with Crippen molar-refractivity contribution in [1.29, 1.82) is 5.26 Å². The summed E-state index contributed by atoms with van der Waals surface area (Å²) in [4.78, 5) is 23.2. The predicted octanol–water partition coefficient (Wildman–Crippen LogP) is 4.50. The Hall–Kier alpha value is -2.81. The highest BCUT2D eigenvalue weighted by atomic mass is 35.5. The van der Waals surface area contributed by atoms with Crippen LogP contribution in [0.25, 0.3) is 6.08 Å². The smallest absolute Gasteiger partial charge is 0.266 e. The molecule has 0 aliphatic heterocycles. The van der Waals surface area contributed by atoms with Crippen LogP contribution in [0.1, 0.15) is 12.5 Å². The Kier molecular flexibility index (Phi) is 6.18. The van der Waals surface area contributed by atoms with Crippen LogP contribution in [0.5, 0.6) is 0 Å². The van der Waals surface area contributed by atoms with Crippen molar-refractivity contribution in [2.45, 2.75) is 6.92 Å². The molecule has 0 atom stereocenters. The number of nitrogens with zero attached hydrogens (tertiary/aromatic N) is 1. The van der Waals surface area contributed by atoms with Gasteiger partial charge in [-0.3, -0.25) is 9.59 Å². The Morgan fingerprint density at radius 2 is 1.60 bits per heavy atom. The van der Waals surface area contributed by atoms with E-state index in [2.05, 4.69) is 10.6 Å². The van der Waals surface area contributed by atoms with Gasteiger partial charge in [0, 0.05) is 28.3 Å². The molecule has 0 fully saturated rings. The molecule has 2 amide bonds. The van der Waals surface area contributed by atoms with Crippen LogP contribution in [0.2, 0.25) is 10.0 Å². The Morgan fingerprint density at radius 1 is 1.00 bits per heavy atom. The molecule has 0 unspecified atom stereocenters. The number of halogens is 2. The Morgan fingerprint density at radius 3 is 2.12 bits per heavy atom. The van der Waals surface area contributed by atoms with Gasteiger partial charge in [0.05, 0.1) is 0 Å². The molecule has 0 heterocycles. The number of benzene rings is 2. The van der Waals surface area contributed by atoms with Crippen molar-refractivity contribution >= 4 is 52.5 Å². The van der Waals surface area contributed by atoms with E-state index in [0.29, 0.717) is 27.0 Å². The van der Waals surface area contributed by atoms with Gasteiger partial charge < -0.3 is 10.6 Å². The van der Waals surface area contributed by atoms with E-state index in [1.165, 1.54) is 31.2 Å². The third-order valence-electron chi connectivity index (χ3n) is 3.03. The van der Waals surface area contributed by atoms with Gasteiger partial charge in [-0.05, 0) is 42.0 Å². The molecule has 0 bridgehead atoms. The zero-order valence-corrected chi connectivity index (χ0v) is 14.7. The summed E-state index contributed by atoms with van der Waals surface area (Å²) in [5.41, 5.74) is 1.58. The second-order valence-electron chi connectivity index (χ2n) is 5.09. The summed E-state index contributed by atoms with van der Waals surface area (Å²) in [7, 11) is 0. The molecule has 126 valence electrons. The molecule has 2 aromatic carbocycles. The number of nitrogens with one attached hydrogen (secondary N) is 2. The highest BCUT2D eigenvalue weighted by molar-refractivity contribution is 6.35. The van der Waals surface area contributed by atoms with Crippen LogP contribution in [-0.4, -0.2) is 11.8 Å². The molecule has 7 heteroatoms. The van der Waals surface area contributed by atoms with Gasteiger partial charge in [0.25, 0.3) is 5.91 Å². The van der Waals surface area contributed by atoms with E-state index >= 15 is 0 Å². The van der Waals surface area contributed by atoms with Crippen molar-refractivity contribution in [2.75, 3.05) is 10.6 Å². The number of amides is 2. The average Bonchev–Trinajstić information content (AvgIpc) is 2.52. The monoisotopic (exact) mass is 373 g/mol. The lowest BCUT2D eigenvalue weighted by atomic mass is 10.1. The summed E-state index contributed by atoms with van der Waals surface area (Å²) in [5.74, 6) is -0.757. The molecule has 0 saturated heterocycles. The second kappa shape index (κ2) is 8.34. The number of rotatable bonds is 4. The molecule has 0 radical (unpaired) electrons. The largest absolute Gasteiger partial charge is 0.326 e. The van der Waals surface area contributed by atoms with Crippen molar-refractivity contribution in [3.63, 3.8) is 0 Å². The molecule has 0 saturated carbocycles. The Bertz CT molecular complexity index is 864. The fraction of sp³-hybridized carbons (Fsp3) is 0.0556. The first-order valence-electron chi connectivity index (χ1n) is 7.14. The van der Waals surface area contributed by atoms with Crippen LogP contribution >= 0.6 is 23.2 Å². The molecule has 2 rings (SSSR count). The second-order valence-corrected chi connectivity index (χ2v) is 5.96.